The van der Waals surface area contributed by atoms with Gasteiger partial charge < -0.3 is 10.0 Å². The molecule has 1 saturated heterocycles. The van der Waals surface area contributed by atoms with Crippen LogP contribution in [0.4, 0.5) is 0 Å². The van der Waals surface area contributed by atoms with Crippen LogP contribution in [0.1, 0.15) is 31.2 Å². The van der Waals surface area contributed by atoms with Crippen molar-refractivity contribution in [2.24, 2.45) is 5.92 Å². The highest BCUT2D eigenvalue weighted by molar-refractivity contribution is 5.66. The molecule has 2 rings (SSSR count). The number of benzene rings is 1. The van der Waals surface area contributed by atoms with E-state index >= 15 is 0 Å². The van der Waals surface area contributed by atoms with E-state index in [1.165, 1.54) is 18.4 Å². The molecule has 0 radical (unpaired) electrons. The number of hydrogen-bond acceptors (Lipinski definition) is 2. The summed E-state index contributed by atoms with van der Waals surface area (Å²) in [5.41, 5.74) is 1.41. The minimum atomic E-state index is -0.664. The van der Waals surface area contributed by atoms with Crippen LogP contribution in [0.15, 0.2) is 30.3 Å². The van der Waals surface area contributed by atoms with E-state index in [9.17, 15) is 4.79 Å². The molecule has 104 valence electrons. The number of rotatable bonds is 7. The molecule has 0 amide bonds. The van der Waals surface area contributed by atoms with Crippen molar-refractivity contribution in [1.82, 2.24) is 4.90 Å². The maximum Gasteiger partial charge on any atom is 0.303 e. The Morgan fingerprint density at radius 1 is 1.32 bits per heavy atom. The van der Waals surface area contributed by atoms with Crippen LogP contribution >= 0.6 is 0 Å². The second kappa shape index (κ2) is 7.29. The van der Waals surface area contributed by atoms with Gasteiger partial charge in [-0.25, -0.2) is 0 Å². The first kappa shape index (κ1) is 14.1. The number of nitrogens with zero attached hydrogens (tertiary/aromatic N) is 1. The summed E-state index contributed by atoms with van der Waals surface area (Å²) in [6.45, 7) is 3.36. The second-order valence-corrected chi connectivity index (χ2v) is 5.48. The first-order valence-corrected chi connectivity index (χ1v) is 7.22. The number of likely N-dealkylation sites (tertiary alicyclic amines) is 1. The fourth-order valence-corrected chi connectivity index (χ4v) is 2.83. The fraction of sp³-hybridized carbons (Fsp3) is 0.562. The topological polar surface area (TPSA) is 40.5 Å². The number of aryl methyl sites for hydroxylation is 1. The largest absolute Gasteiger partial charge is 0.481 e. The minimum Gasteiger partial charge on any atom is -0.481 e. The van der Waals surface area contributed by atoms with Crippen LogP contribution in [-0.2, 0) is 11.2 Å². The van der Waals surface area contributed by atoms with Crippen molar-refractivity contribution < 1.29 is 9.90 Å². The van der Waals surface area contributed by atoms with Crippen LogP contribution in [-0.4, -0.2) is 35.6 Å². The predicted molar refractivity (Wildman–Crippen MR) is 76.2 cm³/mol. The summed E-state index contributed by atoms with van der Waals surface area (Å²) in [6.07, 6.45) is 4.65. The number of carboxylic acid groups (broad SMARTS) is 1. The zero-order valence-electron chi connectivity index (χ0n) is 11.4. The Bertz CT molecular complexity index is 391. The second-order valence-electron chi connectivity index (χ2n) is 5.48. The van der Waals surface area contributed by atoms with Crippen LogP contribution in [0.25, 0.3) is 0 Å². The van der Waals surface area contributed by atoms with Crippen molar-refractivity contribution in [2.75, 3.05) is 19.6 Å². The lowest BCUT2D eigenvalue weighted by Gasteiger charge is -2.15. The van der Waals surface area contributed by atoms with E-state index in [1.807, 2.05) is 0 Å². The number of carbonyl (C=O) groups is 1. The van der Waals surface area contributed by atoms with Crippen molar-refractivity contribution >= 4 is 5.97 Å². The van der Waals surface area contributed by atoms with Crippen LogP contribution < -0.4 is 0 Å². The van der Waals surface area contributed by atoms with Gasteiger partial charge in [-0.1, -0.05) is 30.3 Å². The van der Waals surface area contributed by atoms with Crippen molar-refractivity contribution in [2.45, 2.75) is 32.1 Å². The highest BCUT2D eigenvalue weighted by atomic mass is 16.4. The third-order valence-corrected chi connectivity index (χ3v) is 3.92. The zero-order chi connectivity index (χ0) is 13.5. The van der Waals surface area contributed by atoms with E-state index in [4.69, 9.17) is 5.11 Å². The Morgan fingerprint density at radius 2 is 2.11 bits per heavy atom. The molecule has 0 saturated carbocycles. The van der Waals surface area contributed by atoms with E-state index in [-0.39, 0.29) is 0 Å². The summed E-state index contributed by atoms with van der Waals surface area (Å²) in [4.78, 5) is 13.0. The van der Waals surface area contributed by atoms with E-state index < -0.39 is 5.97 Å². The van der Waals surface area contributed by atoms with E-state index in [0.717, 1.165) is 32.5 Å². The van der Waals surface area contributed by atoms with E-state index in [0.29, 0.717) is 12.3 Å². The van der Waals surface area contributed by atoms with Gasteiger partial charge in [0.25, 0.3) is 0 Å². The molecule has 0 aromatic heterocycles. The lowest BCUT2D eigenvalue weighted by atomic mass is 10.0. The summed E-state index contributed by atoms with van der Waals surface area (Å²) < 4.78 is 0. The Morgan fingerprint density at radius 3 is 2.84 bits per heavy atom. The molecule has 0 aliphatic carbocycles. The molecular weight excluding hydrogens is 238 g/mol. The highest BCUT2D eigenvalue weighted by Crippen LogP contribution is 2.21. The van der Waals surface area contributed by atoms with Crippen molar-refractivity contribution in [1.29, 1.82) is 0 Å². The van der Waals surface area contributed by atoms with E-state index in [2.05, 4.69) is 35.2 Å². The summed E-state index contributed by atoms with van der Waals surface area (Å²) in [6, 6.07) is 10.6. The molecule has 1 unspecified atom stereocenters. The molecule has 1 atom stereocenters. The average molecular weight is 261 g/mol. The zero-order valence-corrected chi connectivity index (χ0v) is 11.4. The first-order valence-electron chi connectivity index (χ1n) is 7.22. The van der Waals surface area contributed by atoms with Gasteiger partial charge in [0.15, 0.2) is 0 Å². The molecule has 1 aromatic carbocycles. The maximum atomic E-state index is 10.6. The highest BCUT2D eigenvalue weighted by Gasteiger charge is 2.22. The summed E-state index contributed by atoms with van der Waals surface area (Å²) in [5.74, 6) is -0.0737. The van der Waals surface area contributed by atoms with Gasteiger partial charge in [0.2, 0.25) is 0 Å². The molecular formula is C16H23NO2. The monoisotopic (exact) mass is 261 g/mol. The smallest absolute Gasteiger partial charge is 0.303 e. The van der Waals surface area contributed by atoms with Crippen LogP contribution in [0.3, 0.4) is 0 Å². The molecule has 3 nitrogen and oxygen atoms in total. The Hall–Kier alpha value is -1.35. The molecule has 1 heterocycles. The van der Waals surface area contributed by atoms with E-state index in [1.54, 1.807) is 0 Å². The molecule has 3 heteroatoms. The predicted octanol–water partition coefficient (Wildman–Crippen LogP) is 2.81. The molecule has 1 aliphatic rings. The fourth-order valence-electron chi connectivity index (χ4n) is 2.83. The SMILES string of the molecule is O=C(O)CCC1CCN(CCCc2ccccc2)C1. The average Bonchev–Trinajstić information content (AvgIpc) is 2.86. The van der Waals surface area contributed by atoms with Gasteiger partial charge in [0.1, 0.15) is 0 Å². The standard InChI is InChI=1S/C16H23NO2/c18-16(19)9-8-15-10-12-17(13-15)11-4-7-14-5-2-1-3-6-14/h1-3,5-6,15H,4,7-13H2,(H,18,19). The number of carboxylic acids is 1. The maximum absolute atomic E-state index is 10.6. The lowest BCUT2D eigenvalue weighted by Crippen LogP contribution is -2.22. The van der Waals surface area contributed by atoms with Crippen LogP contribution in [0.2, 0.25) is 0 Å². The minimum absolute atomic E-state index is 0.322. The number of hydrogen-bond donors (Lipinski definition) is 1. The van der Waals surface area contributed by atoms with Crippen LogP contribution in [0.5, 0.6) is 0 Å². The van der Waals surface area contributed by atoms with Gasteiger partial charge in [-0.15, -0.1) is 0 Å². The van der Waals surface area contributed by atoms with Crippen molar-refractivity contribution in [3.05, 3.63) is 35.9 Å². The Kier molecular flexibility index (Phi) is 5.40. The van der Waals surface area contributed by atoms with Crippen LogP contribution in [0, 0.1) is 5.92 Å². The van der Waals surface area contributed by atoms with Gasteiger partial charge in [-0.3, -0.25) is 4.79 Å². The first-order chi connectivity index (χ1) is 9.24. The normalized spacial score (nSPS) is 19.7. The summed E-state index contributed by atoms with van der Waals surface area (Å²) in [7, 11) is 0. The number of aliphatic carboxylic acids is 1. The van der Waals surface area contributed by atoms with Crippen molar-refractivity contribution in [3.8, 4) is 0 Å². The van der Waals surface area contributed by atoms with Gasteiger partial charge in [0.05, 0.1) is 0 Å². The summed E-state index contributed by atoms with van der Waals surface area (Å²) >= 11 is 0. The van der Waals surface area contributed by atoms with Gasteiger partial charge in [-0.2, -0.15) is 0 Å². The molecule has 1 fully saturated rings. The molecule has 1 N–H and O–H groups in total. The molecule has 19 heavy (non-hydrogen) atoms. The van der Waals surface area contributed by atoms with Gasteiger partial charge in [-0.05, 0) is 50.3 Å². The third-order valence-electron chi connectivity index (χ3n) is 3.92. The summed E-state index contributed by atoms with van der Waals surface area (Å²) in [5, 5.41) is 8.69. The lowest BCUT2D eigenvalue weighted by molar-refractivity contribution is -0.137. The quantitative estimate of drug-likeness (QED) is 0.820. The molecule has 0 bridgehead atoms. The Labute approximate surface area is 115 Å². The van der Waals surface area contributed by atoms with Gasteiger partial charge >= 0.3 is 5.97 Å². The molecule has 1 aliphatic heterocycles. The third kappa shape index (κ3) is 5.03. The van der Waals surface area contributed by atoms with Gasteiger partial charge in [0, 0.05) is 13.0 Å². The van der Waals surface area contributed by atoms with Crippen molar-refractivity contribution in [3.63, 3.8) is 0 Å². The Balaban J connectivity index is 1.61. The molecule has 1 aromatic rings. The molecule has 0 spiro atoms.